The van der Waals surface area contributed by atoms with Crippen molar-refractivity contribution in [3.05, 3.63) is 29.3 Å². The van der Waals surface area contributed by atoms with Gasteiger partial charge in [-0.2, -0.15) is 5.26 Å². The van der Waals surface area contributed by atoms with Crippen molar-refractivity contribution in [2.75, 3.05) is 31.1 Å². The predicted molar refractivity (Wildman–Crippen MR) is 74.6 cm³/mol. The summed E-state index contributed by atoms with van der Waals surface area (Å²) in [5, 5.41) is 12.0. The molecule has 0 aromatic heterocycles. The smallest absolute Gasteiger partial charge is 0.150 e. The van der Waals surface area contributed by atoms with E-state index in [2.05, 4.69) is 5.32 Å². The monoisotopic (exact) mass is 279 g/mol. The molecule has 1 aromatic carbocycles. The van der Waals surface area contributed by atoms with Gasteiger partial charge >= 0.3 is 0 Å². The lowest BCUT2D eigenvalue weighted by atomic mass is 9.97. The molecule has 1 aromatic rings. The molecule has 0 saturated carbocycles. The first-order valence-electron chi connectivity index (χ1n) is 7.00. The average Bonchev–Trinajstić information content (AvgIpc) is 2.46. The highest BCUT2D eigenvalue weighted by Crippen LogP contribution is 2.27. The zero-order chi connectivity index (χ0) is 14.5. The Morgan fingerprint density at radius 1 is 1.30 bits per heavy atom. The summed E-state index contributed by atoms with van der Waals surface area (Å²) in [5.41, 5.74) is 0.00621. The number of anilines is 1. The maximum atomic E-state index is 14.0. The van der Waals surface area contributed by atoms with Gasteiger partial charge in [0.25, 0.3) is 0 Å². The third-order valence-electron chi connectivity index (χ3n) is 3.78. The fourth-order valence-electron chi connectivity index (χ4n) is 2.69. The summed E-state index contributed by atoms with van der Waals surface area (Å²) in [6, 6.07) is 3.97. The molecule has 1 fully saturated rings. The van der Waals surface area contributed by atoms with E-state index < -0.39 is 11.6 Å². The lowest BCUT2D eigenvalue weighted by molar-refractivity contribution is 0.372. The predicted octanol–water partition coefficient (Wildman–Crippen LogP) is 2.66. The summed E-state index contributed by atoms with van der Waals surface area (Å²) in [6.45, 7) is 5.00. The summed E-state index contributed by atoms with van der Waals surface area (Å²) in [4.78, 5) is 1.74. The minimum absolute atomic E-state index is 0.00923. The molecule has 0 amide bonds. The second kappa shape index (κ2) is 6.67. The fraction of sp³-hybridized carbons (Fsp3) is 0.533. The van der Waals surface area contributed by atoms with Crippen LogP contribution in [0.4, 0.5) is 14.5 Å². The number of hydrogen-bond acceptors (Lipinski definition) is 3. The van der Waals surface area contributed by atoms with Crippen molar-refractivity contribution in [1.29, 1.82) is 5.26 Å². The summed E-state index contributed by atoms with van der Waals surface area (Å²) in [5.74, 6) is -0.861. The van der Waals surface area contributed by atoms with Crippen LogP contribution in [-0.2, 0) is 0 Å². The third kappa shape index (κ3) is 3.26. The molecule has 1 aliphatic rings. The van der Waals surface area contributed by atoms with Crippen LogP contribution in [0.5, 0.6) is 0 Å². The molecule has 0 aliphatic carbocycles. The first-order chi connectivity index (χ1) is 9.65. The van der Waals surface area contributed by atoms with Crippen LogP contribution in [0, 0.1) is 28.9 Å². The van der Waals surface area contributed by atoms with Crippen LogP contribution in [0.3, 0.4) is 0 Å². The van der Waals surface area contributed by atoms with Crippen LogP contribution >= 0.6 is 0 Å². The van der Waals surface area contributed by atoms with Gasteiger partial charge in [-0.3, -0.25) is 0 Å². The molecule has 1 heterocycles. The standard InChI is InChI=1S/C15H19F2N3/c1-2-20(10-11-3-5-19-6-4-11)15-13(16)7-12(9-18)8-14(15)17/h7-8,11,19H,2-6,10H2,1H3. The zero-order valence-electron chi connectivity index (χ0n) is 11.6. The van der Waals surface area contributed by atoms with E-state index in [1.807, 2.05) is 6.92 Å². The molecule has 0 spiro atoms. The van der Waals surface area contributed by atoms with Crippen LogP contribution in [0.15, 0.2) is 12.1 Å². The molecule has 1 aliphatic heterocycles. The van der Waals surface area contributed by atoms with E-state index >= 15 is 0 Å². The lowest BCUT2D eigenvalue weighted by Gasteiger charge is -2.31. The Bertz CT molecular complexity index is 481. The fourth-order valence-corrected chi connectivity index (χ4v) is 2.69. The van der Waals surface area contributed by atoms with Crippen molar-refractivity contribution in [2.24, 2.45) is 5.92 Å². The van der Waals surface area contributed by atoms with E-state index in [9.17, 15) is 8.78 Å². The molecule has 20 heavy (non-hydrogen) atoms. The average molecular weight is 279 g/mol. The van der Waals surface area contributed by atoms with Gasteiger partial charge in [0.15, 0.2) is 11.6 Å². The molecule has 1 saturated heterocycles. The summed E-state index contributed by atoms with van der Waals surface area (Å²) in [7, 11) is 0. The van der Waals surface area contributed by atoms with Crippen LogP contribution in [-0.4, -0.2) is 26.2 Å². The number of nitrogens with one attached hydrogen (secondary N) is 1. The van der Waals surface area contributed by atoms with E-state index in [0.717, 1.165) is 38.1 Å². The Labute approximate surface area is 118 Å². The van der Waals surface area contributed by atoms with E-state index in [1.165, 1.54) is 0 Å². The van der Waals surface area contributed by atoms with Gasteiger partial charge in [0, 0.05) is 13.1 Å². The Hall–Kier alpha value is -1.67. The maximum absolute atomic E-state index is 14.0. The minimum atomic E-state index is -0.655. The number of nitrogens with zero attached hydrogens (tertiary/aromatic N) is 2. The Kier molecular flexibility index (Phi) is 4.91. The Morgan fingerprint density at radius 2 is 1.90 bits per heavy atom. The van der Waals surface area contributed by atoms with Crippen LogP contribution < -0.4 is 10.2 Å². The minimum Gasteiger partial charge on any atom is -0.367 e. The van der Waals surface area contributed by atoms with Crippen molar-refractivity contribution in [2.45, 2.75) is 19.8 Å². The number of nitriles is 1. The van der Waals surface area contributed by atoms with Crippen molar-refractivity contribution < 1.29 is 8.78 Å². The molecular weight excluding hydrogens is 260 g/mol. The molecule has 3 nitrogen and oxygen atoms in total. The number of benzene rings is 1. The maximum Gasteiger partial charge on any atom is 0.150 e. The zero-order valence-corrected chi connectivity index (χ0v) is 11.6. The van der Waals surface area contributed by atoms with Crippen molar-refractivity contribution >= 4 is 5.69 Å². The second-order valence-electron chi connectivity index (χ2n) is 5.13. The molecule has 5 heteroatoms. The highest BCUT2D eigenvalue weighted by molar-refractivity contribution is 5.52. The van der Waals surface area contributed by atoms with Gasteiger partial charge in [0.1, 0.15) is 5.69 Å². The third-order valence-corrected chi connectivity index (χ3v) is 3.78. The van der Waals surface area contributed by atoms with Crippen LogP contribution in [0.1, 0.15) is 25.3 Å². The van der Waals surface area contributed by atoms with Crippen molar-refractivity contribution in [3.8, 4) is 6.07 Å². The van der Waals surface area contributed by atoms with Crippen molar-refractivity contribution in [1.82, 2.24) is 5.32 Å². The van der Waals surface area contributed by atoms with Gasteiger partial charge in [0.2, 0.25) is 0 Å². The Balaban J connectivity index is 2.20. The highest BCUT2D eigenvalue weighted by atomic mass is 19.1. The molecule has 1 N–H and O–H groups in total. The van der Waals surface area contributed by atoms with Gasteiger partial charge in [0.05, 0.1) is 11.6 Å². The Morgan fingerprint density at radius 3 is 2.40 bits per heavy atom. The highest BCUT2D eigenvalue weighted by Gasteiger charge is 2.21. The summed E-state index contributed by atoms with van der Waals surface area (Å²) < 4.78 is 28.1. The molecule has 108 valence electrons. The molecule has 0 bridgehead atoms. The quantitative estimate of drug-likeness (QED) is 0.921. The van der Waals surface area contributed by atoms with E-state index in [4.69, 9.17) is 5.26 Å². The number of piperidine rings is 1. The van der Waals surface area contributed by atoms with Gasteiger partial charge in [-0.1, -0.05) is 0 Å². The number of halogens is 2. The topological polar surface area (TPSA) is 39.1 Å². The van der Waals surface area contributed by atoms with Gasteiger partial charge in [-0.15, -0.1) is 0 Å². The van der Waals surface area contributed by atoms with Gasteiger partial charge in [-0.05, 0) is 50.9 Å². The number of rotatable bonds is 4. The van der Waals surface area contributed by atoms with Gasteiger partial charge in [-0.25, -0.2) is 8.78 Å². The lowest BCUT2D eigenvalue weighted by Crippen LogP contribution is -2.37. The molecule has 0 radical (unpaired) electrons. The van der Waals surface area contributed by atoms with E-state index in [0.29, 0.717) is 19.0 Å². The molecule has 0 unspecified atom stereocenters. The van der Waals surface area contributed by atoms with Crippen molar-refractivity contribution in [3.63, 3.8) is 0 Å². The molecule has 2 rings (SSSR count). The largest absolute Gasteiger partial charge is 0.367 e. The molecule has 0 atom stereocenters. The van der Waals surface area contributed by atoms with Crippen LogP contribution in [0.25, 0.3) is 0 Å². The number of hydrogen-bond donors (Lipinski definition) is 1. The second-order valence-corrected chi connectivity index (χ2v) is 5.13. The van der Waals surface area contributed by atoms with Gasteiger partial charge < -0.3 is 10.2 Å². The first kappa shape index (κ1) is 14.7. The summed E-state index contributed by atoms with van der Waals surface area (Å²) >= 11 is 0. The first-order valence-corrected chi connectivity index (χ1v) is 7.00. The van der Waals surface area contributed by atoms with E-state index in [1.54, 1.807) is 11.0 Å². The van der Waals surface area contributed by atoms with Crippen LogP contribution in [0.2, 0.25) is 0 Å². The molecular formula is C15H19F2N3. The van der Waals surface area contributed by atoms with E-state index in [-0.39, 0.29) is 11.3 Å². The normalized spacial score (nSPS) is 15.9. The SMILES string of the molecule is CCN(CC1CCNCC1)c1c(F)cc(C#N)cc1F. The summed E-state index contributed by atoms with van der Waals surface area (Å²) in [6.07, 6.45) is 2.05.